The number of anilines is 2. The van der Waals surface area contributed by atoms with E-state index in [0.717, 1.165) is 6.42 Å². The van der Waals surface area contributed by atoms with Gasteiger partial charge in [-0.25, -0.2) is 4.79 Å². The van der Waals surface area contributed by atoms with Gasteiger partial charge < -0.3 is 41.1 Å². The van der Waals surface area contributed by atoms with Gasteiger partial charge in [-0.3, -0.25) is 29.0 Å². The van der Waals surface area contributed by atoms with E-state index in [9.17, 15) is 44.4 Å². The normalized spacial score (nSPS) is 23.5. The van der Waals surface area contributed by atoms with Crippen molar-refractivity contribution < 1.29 is 49.1 Å². The number of hydrogen-bond donors (Lipinski definition) is 6. The molecule has 4 rings (SSSR count). The van der Waals surface area contributed by atoms with E-state index in [1.165, 1.54) is 30.0 Å². The Hall–Kier alpha value is -4.63. The molecule has 0 unspecified atom stereocenters. The number of nitrogens with one attached hydrogen (secondary N) is 1. The van der Waals surface area contributed by atoms with Crippen LogP contribution in [0.4, 0.5) is 16.2 Å². The van der Waals surface area contributed by atoms with Crippen molar-refractivity contribution in [3.8, 4) is 5.75 Å². The van der Waals surface area contributed by atoms with Crippen LogP contribution in [0.25, 0.3) is 5.76 Å². The quantitative estimate of drug-likeness (QED) is 0.125. The Labute approximate surface area is 285 Å². The number of carbonyl (C=O) groups is 5. The molecule has 49 heavy (non-hydrogen) atoms. The molecule has 268 valence electrons. The van der Waals surface area contributed by atoms with Crippen LogP contribution in [0.15, 0.2) is 23.0 Å². The maximum atomic E-state index is 14.2. The van der Waals surface area contributed by atoms with Gasteiger partial charge in [0.15, 0.2) is 11.4 Å². The number of Topliss-reactive ketones (excluding diaryl/α,β-unsaturated/α-hetero) is 2. The van der Waals surface area contributed by atoms with Crippen molar-refractivity contribution in [2.75, 3.05) is 51.6 Å². The zero-order valence-corrected chi connectivity index (χ0v) is 29.2. The van der Waals surface area contributed by atoms with Crippen molar-refractivity contribution in [1.29, 1.82) is 0 Å². The van der Waals surface area contributed by atoms with Crippen LogP contribution in [0, 0.1) is 11.8 Å². The zero-order valence-electron chi connectivity index (χ0n) is 29.2. The van der Waals surface area contributed by atoms with Crippen LogP contribution in [0.3, 0.4) is 0 Å². The Morgan fingerprint density at radius 3 is 2.27 bits per heavy atom. The van der Waals surface area contributed by atoms with E-state index in [2.05, 4.69) is 5.32 Å². The fraction of sp³-hybridized carbons (Fsp3) is 0.559. The third kappa shape index (κ3) is 6.32. The molecule has 4 atom stereocenters. The predicted octanol–water partition coefficient (Wildman–Crippen LogP) is 2.01. The number of rotatable bonds is 9. The minimum Gasteiger partial charge on any atom is -0.508 e. The minimum atomic E-state index is -2.78. The smallest absolute Gasteiger partial charge is 0.410 e. The van der Waals surface area contributed by atoms with Gasteiger partial charge in [0.25, 0.3) is 5.91 Å². The van der Waals surface area contributed by atoms with Crippen molar-refractivity contribution in [3.05, 3.63) is 34.1 Å². The van der Waals surface area contributed by atoms with Crippen molar-refractivity contribution in [2.45, 2.75) is 70.6 Å². The number of fused-ring (bicyclic) bond motifs is 3. The number of carbonyl (C=O) groups excluding carboxylic acids is 5. The fourth-order valence-corrected chi connectivity index (χ4v) is 7.08. The summed E-state index contributed by atoms with van der Waals surface area (Å²) in [7, 11) is 6.48. The highest BCUT2D eigenvalue weighted by atomic mass is 16.6. The second-order valence-corrected chi connectivity index (χ2v) is 14.3. The van der Waals surface area contributed by atoms with E-state index in [1.54, 1.807) is 39.8 Å². The molecule has 3 aliphatic carbocycles. The van der Waals surface area contributed by atoms with E-state index in [-0.39, 0.29) is 36.3 Å². The number of phenolic OH excluding ortho intramolecular Hbond substituents is 1. The SMILES string of the molecule is CCCCOC(=O)N(CC(=O)Nc1cc(N(C)C)c2c(c1O)C(O)=C1C(=O)[C@]3(O)C(O)=C(C(N)=O)C(=O)[C@@H](N(C)C)[C@@H]3C[C@@H]1C2)C(C)(C)C. The van der Waals surface area contributed by atoms with E-state index >= 15 is 0 Å². The standard InChI is InChI=1S/C34H47N5O10/c1-9-10-11-49-32(47)39(33(2,3)4)15-21(40)36-19-14-20(37(5)6)17-12-16-13-18-25(38(7)8)28(43)24(31(35)46)30(45)34(18,48)29(44)22(16)27(42)23(17)26(19)41/h14,16,18,25,41-42,45,48H,9-13,15H2,1-8H3,(H2,35,46)(H,36,40)/t16-,18-,25-,34-/m0/s1. The first-order chi connectivity index (χ1) is 22.7. The van der Waals surface area contributed by atoms with Crippen LogP contribution in [-0.4, -0.2) is 118 Å². The highest BCUT2D eigenvalue weighted by Crippen LogP contribution is 2.54. The fourth-order valence-electron chi connectivity index (χ4n) is 7.08. The molecule has 1 aromatic carbocycles. The molecule has 15 heteroatoms. The third-order valence-corrected chi connectivity index (χ3v) is 9.51. The largest absolute Gasteiger partial charge is 0.508 e. The Morgan fingerprint density at radius 2 is 1.73 bits per heavy atom. The monoisotopic (exact) mass is 685 g/mol. The third-order valence-electron chi connectivity index (χ3n) is 9.51. The van der Waals surface area contributed by atoms with Crippen LogP contribution in [0.5, 0.6) is 5.75 Å². The Morgan fingerprint density at radius 1 is 1.10 bits per heavy atom. The van der Waals surface area contributed by atoms with Gasteiger partial charge in [0, 0.05) is 36.8 Å². The highest BCUT2D eigenvalue weighted by molar-refractivity contribution is 6.24. The molecule has 0 saturated heterocycles. The number of primary amides is 1. The lowest BCUT2D eigenvalue weighted by Crippen LogP contribution is -2.65. The van der Waals surface area contributed by atoms with Gasteiger partial charge in [-0.05, 0) is 71.7 Å². The first kappa shape index (κ1) is 37.2. The maximum absolute atomic E-state index is 14.2. The van der Waals surface area contributed by atoms with Gasteiger partial charge in [0.05, 0.1) is 23.9 Å². The highest BCUT2D eigenvalue weighted by Gasteiger charge is 2.64. The summed E-state index contributed by atoms with van der Waals surface area (Å²) in [6.45, 7) is 6.93. The molecule has 7 N–H and O–H groups in total. The molecular weight excluding hydrogens is 638 g/mol. The molecule has 15 nitrogen and oxygen atoms in total. The molecule has 0 bridgehead atoms. The lowest BCUT2D eigenvalue weighted by molar-refractivity contribution is -0.153. The summed E-state index contributed by atoms with van der Waals surface area (Å²) in [6, 6.07) is 0.306. The second-order valence-electron chi connectivity index (χ2n) is 14.3. The number of ether oxygens (including phenoxy) is 1. The van der Waals surface area contributed by atoms with Gasteiger partial charge in [-0.2, -0.15) is 0 Å². The number of amides is 3. The molecule has 1 fully saturated rings. The summed E-state index contributed by atoms with van der Waals surface area (Å²) in [5.41, 5.74) is 1.22. The number of hydrogen-bond acceptors (Lipinski definition) is 12. The Bertz CT molecular complexity index is 1660. The van der Waals surface area contributed by atoms with E-state index in [0.29, 0.717) is 17.7 Å². The van der Waals surface area contributed by atoms with E-state index in [4.69, 9.17) is 10.5 Å². The topological polar surface area (TPSA) is 223 Å². The maximum Gasteiger partial charge on any atom is 0.410 e. The van der Waals surface area contributed by atoms with Crippen LogP contribution in [-0.2, 0) is 30.3 Å². The molecule has 1 aromatic rings. The first-order valence-electron chi connectivity index (χ1n) is 16.1. The molecule has 1 saturated carbocycles. The van der Waals surface area contributed by atoms with Gasteiger partial charge in [0.1, 0.15) is 29.4 Å². The zero-order chi connectivity index (χ0) is 36.9. The molecule has 0 heterocycles. The van der Waals surface area contributed by atoms with E-state index in [1.807, 2.05) is 6.92 Å². The number of ketones is 2. The Kier molecular flexibility index (Phi) is 10.1. The van der Waals surface area contributed by atoms with Crippen molar-refractivity contribution in [2.24, 2.45) is 17.6 Å². The summed E-state index contributed by atoms with van der Waals surface area (Å²) in [6.07, 6.45) is 0.800. The molecule has 0 radical (unpaired) electrons. The van der Waals surface area contributed by atoms with Gasteiger partial charge in [-0.1, -0.05) is 13.3 Å². The number of aliphatic hydroxyl groups excluding tert-OH is 2. The van der Waals surface area contributed by atoms with Gasteiger partial charge in [-0.15, -0.1) is 0 Å². The lowest BCUT2D eigenvalue weighted by Gasteiger charge is -2.50. The number of aromatic hydroxyl groups is 1. The Balaban J connectivity index is 1.81. The summed E-state index contributed by atoms with van der Waals surface area (Å²) in [4.78, 5) is 70.4. The van der Waals surface area contributed by atoms with Crippen LogP contribution >= 0.6 is 0 Å². The predicted molar refractivity (Wildman–Crippen MR) is 180 cm³/mol. The van der Waals surface area contributed by atoms with Crippen molar-refractivity contribution in [1.82, 2.24) is 9.80 Å². The number of aliphatic hydroxyl groups is 3. The molecule has 0 aromatic heterocycles. The summed E-state index contributed by atoms with van der Waals surface area (Å²) >= 11 is 0. The average Bonchev–Trinajstić information content (AvgIpc) is 2.98. The van der Waals surface area contributed by atoms with Crippen LogP contribution in [0.1, 0.15) is 58.1 Å². The molecular formula is C34H47N5O10. The summed E-state index contributed by atoms with van der Waals surface area (Å²) in [5, 5.41) is 48.8. The number of benzene rings is 1. The molecule has 3 aliphatic rings. The van der Waals surface area contributed by atoms with Crippen molar-refractivity contribution >= 4 is 46.6 Å². The van der Waals surface area contributed by atoms with Crippen LogP contribution < -0.4 is 16.0 Å². The summed E-state index contributed by atoms with van der Waals surface area (Å²) < 4.78 is 5.34. The van der Waals surface area contributed by atoms with Gasteiger partial charge in [0.2, 0.25) is 11.7 Å². The number of likely N-dealkylation sites (N-methyl/N-ethyl adjacent to an activating group) is 1. The number of unbranched alkanes of at least 4 members (excludes halogenated alkanes) is 1. The number of nitrogens with two attached hydrogens (primary N) is 1. The lowest BCUT2D eigenvalue weighted by atomic mass is 9.57. The number of phenols is 1. The van der Waals surface area contributed by atoms with Crippen LogP contribution in [0.2, 0.25) is 0 Å². The first-order valence-corrected chi connectivity index (χ1v) is 16.1. The minimum absolute atomic E-state index is 0.0606. The molecule has 3 amide bonds. The number of nitrogens with zero attached hydrogens (tertiary/aromatic N) is 3. The van der Waals surface area contributed by atoms with E-state index < -0.39 is 87.9 Å². The summed E-state index contributed by atoms with van der Waals surface area (Å²) in [5.74, 6) is -8.40. The molecule has 0 aliphatic heterocycles. The average molecular weight is 686 g/mol. The van der Waals surface area contributed by atoms with Gasteiger partial charge >= 0.3 is 6.09 Å². The van der Waals surface area contributed by atoms with Crippen molar-refractivity contribution in [3.63, 3.8) is 0 Å². The second kappa shape index (κ2) is 13.3. The molecule has 0 spiro atoms.